The Hall–Kier alpha value is -1.02. The standard InChI is InChI=1S/C28H36NOP.2ClH.Ti/c1-19-13-12-16-23(29(8)21-14-10-9-11-15-21)26(19)31-24-18-20(27(2,3)4)17-22(25(24)30)28(5,6)7;;;/h9-18,30-31H,1-8H3;2*1H;/q;;;+2/p-2. The summed E-state index contributed by atoms with van der Waals surface area (Å²) in [5, 5.41) is 13.6. The van der Waals surface area contributed by atoms with Crippen LogP contribution in [0.5, 0.6) is 5.75 Å². The van der Waals surface area contributed by atoms with Gasteiger partial charge in [0.1, 0.15) is 5.75 Å². The Morgan fingerprint density at radius 3 is 1.97 bits per heavy atom. The van der Waals surface area contributed by atoms with Crippen LogP contribution in [0, 0.1) is 6.92 Å². The third kappa shape index (κ3) is 7.49. The Morgan fingerprint density at radius 2 is 1.44 bits per heavy atom. The van der Waals surface area contributed by atoms with Crippen LogP contribution in [0.3, 0.4) is 0 Å². The van der Waals surface area contributed by atoms with Crippen molar-refractivity contribution >= 4 is 49.2 Å². The van der Waals surface area contributed by atoms with Gasteiger partial charge >= 0.3 is 35.6 Å². The van der Waals surface area contributed by atoms with Gasteiger partial charge in [0.15, 0.2) is 0 Å². The molecule has 0 radical (unpaired) electrons. The molecule has 3 aromatic rings. The van der Waals surface area contributed by atoms with Gasteiger partial charge in [0.05, 0.1) is 0 Å². The number of hydrogen-bond acceptors (Lipinski definition) is 2. The first-order valence-corrected chi connectivity index (χ1v) is 16.6. The zero-order chi connectivity index (χ0) is 25.7. The Labute approximate surface area is 224 Å². The van der Waals surface area contributed by atoms with Crippen molar-refractivity contribution in [3.63, 3.8) is 0 Å². The molecular weight excluding hydrogens is 516 g/mol. The first kappa shape index (κ1) is 29.2. The molecule has 0 bridgehead atoms. The van der Waals surface area contributed by atoms with Gasteiger partial charge in [-0.15, -0.1) is 0 Å². The van der Waals surface area contributed by atoms with E-state index in [1.165, 1.54) is 22.1 Å². The van der Waals surface area contributed by atoms with Gasteiger partial charge in [-0.1, -0.05) is 86.5 Å². The van der Waals surface area contributed by atoms with Gasteiger partial charge in [-0.25, -0.2) is 0 Å². The van der Waals surface area contributed by atoms with Crippen molar-refractivity contribution in [1.29, 1.82) is 0 Å². The van der Waals surface area contributed by atoms with Crippen LogP contribution in [-0.4, -0.2) is 12.2 Å². The molecule has 0 aromatic heterocycles. The summed E-state index contributed by atoms with van der Waals surface area (Å²) in [6.07, 6.45) is 0. The minimum atomic E-state index is -0.556. The summed E-state index contributed by atoms with van der Waals surface area (Å²) < 4.78 is 0. The van der Waals surface area contributed by atoms with Crippen LogP contribution in [0.4, 0.5) is 11.4 Å². The summed E-state index contributed by atoms with van der Waals surface area (Å²) in [4.78, 5) is 2.24. The van der Waals surface area contributed by atoms with E-state index in [2.05, 4.69) is 115 Å². The number of aryl methyl sites for hydroxylation is 1. The SMILES string of the molecule is Cc1cccc(N(C)c2ccccc2)c1Pc1cc(C(C)(C)C)cc(C(C)(C)C)c1O.[Cl][Ti][Cl]. The number of benzene rings is 3. The van der Waals surface area contributed by atoms with Gasteiger partial charge in [0, 0.05) is 34.6 Å². The third-order valence-corrected chi connectivity index (χ3v) is 7.35. The average Bonchev–Trinajstić information content (AvgIpc) is 2.75. The van der Waals surface area contributed by atoms with Gasteiger partial charge in [-0.3, -0.25) is 0 Å². The first-order chi connectivity index (χ1) is 15.8. The van der Waals surface area contributed by atoms with E-state index < -0.39 is 17.0 Å². The molecule has 0 fully saturated rings. The molecule has 1 N–H and O–H groups in total. The molecule has 2 nitrogen and oxygen atoms in total. The topological polar surface area (TPSA) is 23.5 Å². The molecule has 34 heavy (non-hydrogen) atoms. The molecule has 0 saturated heterocycles. The van der Waals surface area contributed by atoms with Crippen molar-refractivity contribution in [2.75, 3.05) is 11.9 Å². The molecule has 0 saturated carbocycles. The number of phenolic OH excluding ortho intramolecular Hbond substituents is 1. The monoisotopic (exact) mass is 551 g/mol. The predicted octanol–water partition coefficient (Wildman–Crippen LogP) is 8.07. The molecule has 3 rings (SSSR count). The molecule has 3 aromatic carbocycles. The maximum absolute atomic E-state index is 11.3. The summed E-state index contributed by atoms with van der Waals surface area (Å²) >= 11 is -0.556. The van der Waals surface area contributed by atoms with E-state index in [0.29, 0.717) is 14.3 Å². The van der Waals surface area contributed by atoms with E-state index in [0.717, 1.165) is 16.6 Å². The van der Waals surface area contributed by atoms with E-state index in [1.54, 1.807) is 0 Å². The van der Waals surface area contributed by atoms with Crippen LogP contribution in [0.2, 0.25) is 0 Å². The summed E-state index contributed by atoms with van der Waals surface area (Å²) in [5.41, 5.74) is 5.77. The number of para-hydroxylation sites is 1. The number of anilines is 2. The normalized spacial score (nSPS) is 11.8. The molecule has 0 aliphatic heterocycles. The molecule has 1 atom stereocenters. The molecule has 182 valence electrons. The van der Waals surface area contributed by atoms with Crippen molar-refractivity contribution < 1.29 is 22.1 Å². The van der Waals surface area contributed by atoms with Gasteiger partial charge in [-0.05, 0) is 53.1 Å². The predicted molar refractivity (Wildman–Crippen MR) is 150 cm³/mol. The summed E-state index contributed by atoms with van der Waals surface area (Å²) in [7, 11) is 12.3. The Morgan fingerprint density at radius 1 is 0.853 bits per heavy atom. The molecule has 6 heteroatoms. The number of aromatic hydroxyl groups is 1. The Kier molecular flexibility index (Phi) is 10.6. The first-order valence-electron chi connectivity index (χ1n) is 11.3. The summed E-state index contributed by atoms with van der Waals surface area (Å²) in [6, 6.07) is 21.3. The number of halogens is 2. The third-order valence-electron chi connectivity index (χ3n) is 5.80. The van der Waals surface area contributed by atoms with Crippen molar-refractivity contribution in [1.82, 2.24) is 0 Å². The Balaban J connectivity index is 0.00000129. The van der Waals surface area contributed by atoms with Crippen molar-refractivity contribution in [3.8, 4) is 5.75 Å². The quantitative estimate of drug-likeness (QED) is 0.262. The van der Waals surface area contributed by atoms with Crippen LogP contribution in [0.15, 0.2) is 60.7 Å². The van der Waals surface area contributed by atoms with Crippen molar-refractivity contribution in [2.45, 2.75) is 59.3 Å². The van der Waals surface area contributed by atoms with Crippen LogP contribution >= 0.6 is 27.2 Å². The van der Waals surface area contributed by atoms with E-state index in [1.807, 2.05) is 6.07 Å². The van der Waals surface area contributed by atoms with Crippen LogP contribution in [0.1, 0.15) is 58.2 Å². The molecular formula is C28H36Cl2NOPTi. The molecule has 0 aliphatic carbocycles. The second-order valence-electron chi connectivity index (χ2n) is 10.5. The van der Waals surface area contributed by atoms with Crippen molar-refractivity contribution in [2.24, 2.45) is 0 Å². The van der Waals surface area contributed by atoms with E-state index in [4.69, 9.17) is 18.6 Å². The molecule has 1 unspecified atom stereocenters. The van der Waals surface area contributed by atoms with Gasteiger partial charge < -0.3 is 10.0 Å². The molecule has 0 spiro atoms. The average molecular weight is 552 g/mol. The fourth-order valence-electron chi connectivity index (χ4n) is 3.75. The fraction of sp³-hybridized carbons (Fsp3) is 0.357. The van der Waals surface area contributed by atoms with Gasteiger partial charge in [0.25, 0.3) is 0 Å². The number of phenols is 1. The fourth-order valence-corrected chi connectivity index (χ4v) is 5.16. The van der Waals surface area contributed by atoms with Crippen LogP contribution in [0.25, 0.3) is 0 Å². The summed E-state index contributed by atoms with van der Waals surface area (Å²) in [6.45, 7) is 15.4. The minimum absolute atomic E-state index is 0.0162. The molecule has 0 amide bonds. The zero-order valence-electron chi connectivity index (χ0n) is 21.4. The van der Waals surface area contributed by atoms with Gasteiger partial charge in [-0.2, -0.15) is 0 Å². The second kappa shape index (κ2) is 12.3. The number of hydrogen-bond donors (Lipinski definition) is 1. The Bertz CT molecular complexity index is 1090. The summed E-state index contributed by atoms with van der Waals surface area (Å²) in [5.74, 6) is 0.440. The van der Waals surface area contributed by atoms with Gasteiger partial charge in [0.2, 0.25) is 0 Å². The van der Waals surface area contributed by atoms with Crippen LogP contribution < -0.4 is 15.5 Å². The second-order valence-corrected chi connectivity index (χ2v) is 14.3. The molecule has 0 heterocycles. The van der Waals surface area contributed by atoms with E-state index in [-0.39, 0.29) is 10.8 Å². The molecule has 0 aliphatic rings. The van der Waals surface area contributed by atoms with Crippen LogP contribution in [-0.2, 0) is 27.9 Å². The van der Waals surface area contributed by atoms with E-state index in [9.17, 15) is 5.11 Å². The van der Waals surface area contributed by atoms with E-state index >= 15 is 0 Å². The number of nitrogens with zero attached hydrogens (tertiary/aromatic N) is 1. The van der Waals surface area contributed by atoms with Crippen molar-refractivity contribution in [3.05, 3.63) is 77.4 Å². The zero-order valence-corrected chi connectivity index (χ0v) is 25.5. The maximum atomic E-state index is 11.3. The number of rotatable bonds is 4.